The normalized spacial score (nSPS) is 22.1. The number of benzene rings is 2. The fourth-order valence-electron chi connectivity index (χ4n) is 4.55. The van der Waals surface area contributed by atoms with Crippen molar-refractivity contribution in [1.82, 2.24) is 4.90 Å². The molecule has 1 fully saturated rings. The highest BCUT2D eigenvalue weighted by Crippen LogP contribution is 2.41. The van der Waals surface area contributed by atoms with Gasteiger partial charge in [0.2, 0.25) is 5.76 Å². The molecule has 0 N–H and O–H groups in total. The van der Waals surface area contributed by atoms with E-state index in [1.807, 2.05) is 19.1 Å². The molecule has 3 heterocycles. The molecular weight excluding hydrogens is 418 g/mol. The Morgan fingerprint density at radius 2 is 1.84 bits per heavy atom. The summed E-state index contributed by atoms with van der Waals surface area (Å²) in [6, 6.07) is 12.8. The number of carbonyl (C=O) groups excluding carboxylic acids is 1. The zero-order valence-corrected chi connectivity index (χ0v) is 17.7. The van der Waals surface area contributed by atoms with Crippen LogP contribution in [0.15, 0.2) is 57.7 Å². The van der Waals surface area contributed by atoms with Gasteiger partial charge in [0, 0.05) is 6.04 Å². The van der Waals surface area contributed by atoms with Crippen LogP contribution in [0.25, 0.3) is 11.0 Å². The van der Waals surface area contributed by atoms with Crippen molar-refractivity contribution >= 4 is 26.7 Å². The van der Waals surface area contributed by atoms with E-state index in [-0.39, 0.29) is 28.3 Å². The summed E-state index contributed by atoms with van der Waals surface area (Å²) in [7, 11) is -3.23. The number of para-hydroxylation sites is 1. The zero-order chi connectivity index (χ0) is 21.8. The first-order valence-corrected chi connectivity index (χ1v) is 12.0. The summed E-state index contributed by atoms with van der Waals surface area (Å²) in [4.78, 5) is 28.4. The molecule has 0 unspecified atom stereocenters. The number of nitrogens with zero attached hydrogens (tertiary/aromatic N) is 1. The molecule has 8 heteroatoms. The molecule has 2 aliphatic rings. The molecule has 7 nitrogen and oxygen atoms in total. The smallest absolute Gasteiger partial charge is 0.291 e. The highest BCUT2D eigenvalue weighted by atomic mass is 32.2. The van der Waals surface area contributed by atoms with Crippen LogP contribution in [0.1, 0.15) is 41.1 Å². The molecule has 0 aliphatic carbocycles. The number of amides is 1. The molecule has 1 amide bonds. The fourth-order valence-corrected chi connectivity index (χ4v) is 6.26. The second-order valence-electron chi connectivity index (χ2n) is 7.84. The van der Waals surface area contributed by atoms with E-state index < -0.39 is 27.8 Å². The van der Waals surface area contributed by atoms with Gasteiger partial charge in [-0.25, -0.2) is 8.42 Å². The third kappa shape index (κ3) is 3.22. The molecule has 2 aromatic carbocycles. The van der Waals surface area contributed by atoms with Crippen LogP contribution in [0.5, 0.6) is 5.75 Å². The van der Waals surface area contributed by atoms with Crippen molar-refractivity contribution in [3.8, 4) is 5.75 Å². The van der Waals surface area contributed by atoms with Gasteiger partial charge in [-0.2, -0.15) is 0 Å². The van der Waals surface area contributed by atoms with E-state index in [0.29, 0.717) is 35.3 Å². The van der Waals surface area contributed by atoms with Crippen molar-refractivity contribution in [2.24, 2.45) is 0 Å². The summed E-state index contributed by atoms with van der Waals surface area (Å²) in [5.74, 6) is 0.132. The number of sulfone groups is 1. The lowest BCUT2D eigenvalue weighted by Gasteiger charge is -2.30. The highest BCUT2D eigenvalue weighted by Gasteiger charge is 2.48. The summed E-state index contributed by atoms with van der Waals surface area (Å²) >= 11 is 0. The van der Waals surface area contributed by atoms with Crippen LogP contribution in [-0.4, -0.2) is 43.4 Å². The Balaban J connectivity index is 1.70. The lowest BCUT2D eigenvalue weighted by molar-refractivity contribution is 0.0662. The fraction of sp³-hybridized carbons (Fsp3) is 0.304. The van der Waals surface area contributed by atoms with Gasteiger partial charge in [-0.05, 0) is 43.2 Å². The number of ether oxygens (including phenoxy) is 1. The Labute approximate surface area is 179 Å². The van der Waals surface area contributed by atoms with Crippen molar-refractivity contribution in [2.45, 2.75) is 25.4 Å². The first kappa shape index (κ1) is 19.8. The molecule has 5 rings (SSSR count). The molecular formula is C23H21NO6S. The van der Waals surface area contributed by atoms with Gasteiger partial charge in [-0.1, -0.05) is 24.3 Å². The monoisotopic (exact) mass is 439 g/mol. The Morgan fingerprint density at radius 3 is 2.52 bits per heavy atom. The van der Waals surface area contributed by atoms with Crippen molar-refractivity contribution < 1.29 is 22.4 Å². The summed E-state index contributed by atoms with van der Waals surface area (Å²) in [5, 5.41) is 0.394. The summed E-state index contributed by atoms with van der Waals surface area (Å²) in [5.41, 5.74) is 1.04. The maximum atomic E-state index is 13.4. The summed E-state index contributed by atoms with van der Waals surface area (Å²) < 4.78 is 35.7. The Kier molecular flexibility index (Phi) is 4.62. The molecule has 2 aliphatic heterocycles. The van der Waals surface area contributed by atoms with E-state index in [1.54, 1.807) is 36.4 Å². The zero-order valence-electron chi connectivity index (χ0n) is 16.9. The average Bonchev–Trinajstić information content (AvgIpc) is 3.26. The predicted molar refractivity (Wildman–Crippen MR) is 115 cm³/mol. The third-order valence-corrected chi connectivity index (χ3v) is 7.67. The minimum atomic E-state index is -3.23. The largest absolute Gasteiger partial charge is 0.494 e. The van der Waals surface area contributed by atoms with Crippen LogP contribution in [0.2, 0.25) is 0 Å². The van der Waals surface area contributed by atoms with E-state index >= 15 is 0 Å². The lowest BCUT2D eigenvalue weighted by Crippen LogP contribution is -2.40. The maximum absolute atomic E-state index is 13.4. The molecule has 160 valence electrons. The van der Waals surface area contributed by atoms with Gasteiger partial charge in [0.05, 0.1) is 35.1 Å². The molecule has 1 saturated heterocycles. The number of fused-ring (bicyclic) bond motifs is 2. The SMILES string of the molecule is CCOc1ccc([C@@H]2c3c(oc4ccccc4c3=O)C(=O)N2[C@H]2CCS(=O)(=O)C2)cc1. The van der Waals surface area contributed by atoms with Gasteiger partial charge in [0.15, 0.2) is 15.3 Å². The topological polar surface area (TPSA) is 93.9 Å². The Hall–Kier alpha value is -3.13. The molecule has 2 atom stereocenters. The highest BCUT2D eigenvalue weighted by molar-refractivity contribution is 7.91. The number of carbonyl (C=O) groups is 1. The van der Waals surface area contributed by atoms with Gasteiger partial charge in [0.25, 0.3) is 5.91 Å². The molecule has 31 heavy (non-hydrogen) atoms. The maximum Gasteiger partial charge on any atom is 0.291 e. The quantitative estimate of drug-likeness (QED) is 0.621. The van der Waals surface area contributed by atoms with Crippen LogP contribution in [0, 0.1) is 0 Å². The van der Waals surface area contributed by atoms with E-state index in [4.69, 9.17) is 9.15 Å². The first-order chi connectivity index (χ1) is 14.9. The summed E-state index contributed by atoms with van der Waals surface area (Å²) in [6.07, 6.45) is 0.337. The molecule has 0 saturated carbocycles. The van der Waals surface area contributed by atoms with Crippen LogP contribution < -0.4 is 10.2 Å². The van der Waals surface area contributed by atoms with Gasteiger partial charge >= 0.3 is 0 Å². The average molecular weight is 439 g/mol. The molecule has 3 aromatic rings. The molecule has 0 spiro atoms. The Bertz CT molecular complexity index is 1340. The van der Waals surface area contributed by atoms with E-state index in [0.717, 1.165) is 0 Å². The number of hydrogen-bond donors (Lipinski definition) is 0. The number of rotatable bonds is 4. The Morgan fingerprint density at radius 1 is 1.10 bits per heavy atom. The van der Waals surface area contributed by atoms with E-state index in [1.165, 1.54) is 4.90 Å². The third-order valence-electron chi connectivity index (χ3n) is 5.92. The molecule has 1 aromatic heterocycles. The summed E-state index contributed by atoms with van der Waals surface area (Å²) in [6.45, 7) is 2.41. The van der Waals surface area contributed by atoms with Crippen LogP contribution >= 0.6 is 0 Å². The number of hydrogen-bond acceptors (Lipinski definition) is 6. The van der Waals surface area contributed by atoms with Crippen LogP contribution in [0.3, 0.4) is 0 Å². The van der Waals surface area contributed by atoms with Gasteiger partial charge in [-0.3, -0.25) is 9.59 Å². The predicted octanol–water partition coefficient (Wildman–Crippen LogP) is 2.92. The first-order valence-electron chi connectivity index (χ1n) is 10.2. The van der Waals surface area contributed by atoms with E-state index in [2.05, 4.69) is 0 Å². The van der Waals surface area contributed by atoms with E-state index in [9.17, 15) is 18.0 Å². The minimum absolute atomic E-state index is 0.00752. The molecule has 0 radical (unpaired) electrons. The van der Waals surface area contributed by atoms with Crippen molar-refractivity contribution in [3.63, 3.8) is 0 Å². The van der Waals surface area contributed by atoms with Crippen molar-refractivity contribution in [2.75, 3.05) is 18.1 Å². The van der Waals surface area contributed by atoms with Gasteiger partial charge in [0.1, 0.15) is 11.3 Å². The van der Waals surface area contributed by atoms with Crippen molar-refractivity contribution in [1.29, 1.82) is 0 Å². The second kappa shape index (κ2) is 7.23. The van der Waals surface area contributed by atoms with Gasteiger partial charge < -0.3 is 14.1 Å². The molecule has 0 bridgehead atoms. The minimum Gasteiger partial charge on any atom is -0.494 e. The standard InChI is InChI=1S/C23H21NO6S/c1-2-29-16-9-7-14(8-10-16)20-19-21(25)17-5-3-4-6-18(17)30-22(19)23(26)24(20)15-11-12-31(27,28)13-15/h3-10,15,20H,2,11-13H2,1H3/t15-,20+/m0/s1. The lowest BCUT2D eigenvalue weighted by atomic mass is 9.97. The van der Waals surface area contributed by atoms with Crippen LogP contribution in [-0.2, 0) is 9.84 Å². The second-order valence-corrected chi connectivity index (χ2v) is 10.1. The van der Waals surface area contributed by atoms with Crippen molar-refractivity contribution in [3.05, 3.63) is 75.6 Å². The van der Waals surface area contributed by atoms with Crippen LogP contribution in [0.4, 0.5) is 0 Å². The van der Waals surface area contributed by atoms with Gasteiger partial charge in [-0.15, -0.1) is 0 Å².